The number of para-hydroxylation sites is 1. The van der Waals surface area contributed by atoms with E-state index in [1.165, 1.54) is 0 Å². The van der Waals surface area contributed by atoms with Crippen molar-refractivity contribution in [2.24, 2.45) is 0 Å². The molecule has 1 aromatic rings. The van der Waals surface area contributed by atoms with Crippen molar-refractivity contribution in [3.63, 3.8) is 0 Å². The van der Waals surface area contributed by atoms with Gasteiger partial charge in [0.15, 0.2) is 0 Å². The van der Waals surface area contributed by atoms with Crippen molar-refractivity contribution in [1.82, 2.24) is 0 Å². The first-order chi connectivity index (χ1) is 5.75. The molecule has 0 heterocycles. The lowest BCUT2D eigenvalue weighted by Crippen LogP contribution is -2.11. The molecule has 0 fully saturated rings. The fourth-order valence-electron chi connectivity index (χ4n) is 0.969. The molecule has 0 spiro atoms. The summed E-state index contributed by atoms with van der Waals surface area (Å²) in [6, 6.07) is 10.0. The number of halogens is 1. The van der Waals surface area contributed by atoms with E-state index < -0.39 is 0 Å². The summed E-state index contributed by atoms with van der Waals surface area (Å²) in [5.74, 6) is 0. The summed E-state index contributed by atoms with van der Waals surface area (Å²) in [6.45, 7) is 1.92. The zero-order chi connectivity index (χ0) is 8.97. The third-order valence-corrected chi connectivity index (χ3v) is 2.17. The largest absolute Gasteiger partial charge is 0.336 e. The normalized spacial score (nSPS) is 11.4. The molecule has 1 aromatic carbocycles. The van der Waals surface area contributed by atoms with Crippen LogP contribution in [0.25, 0.3) is 0 Å². The Hall–Kier alpha value is -0.950. The number of anilines is 1. The molecule has 0 aliphatic carbocycles. The highest BCUT2D eigenvalue weighted by molar-refractivity contribution is 6.31. The van der Waals surface area contributed by atoms with E-state index in [-0.39, 0.29) is 0 Å². The Balaban J connectivity index is 2.86. The van der Waals surface area contributed by atoms with Gasteiger partial charge in [-0.2, -0.15) is 0 Å². The molecular formula is C10H12ClN. The molecule has 1 nitrogen and oxygen atoms in total. The van der Waals surface area contributed by atoms with Crippen molar-refractivity contribution in [3.8, 4) is 0 Å². The van der Waals surface area contributed by atoms with Crippen LogP contribution in [0.3, 0.4) is 0 Å². The number of rotatable bonds is 2. The van der Waals surface area contributed by atoms with E-state index in [1.54, 1.807) is 0 Å². The molecule has 0 bridgehead atoms. The highest BCUT2D eigenvalue weighted by Gasteiger charge is 2.00. The molecular weight excluding hydrogens is 170 g/mol. The quantitative estimate of drug-likeness (QED) is 0.634. The molecule has 1 rings (SSSR count). The van der Waals surface area contributed by atoms with Gasteiger partial charge in [0.05, 0.1) is 0 Å². The molecule has 0 saturated heterocycles. The van der Waals surface area contributed by atoms with Crippen LogP contribution >= 0.6 is 11.6 Å². The first kappa shape index (κ1) is 9.14. The first-order valence-corrected chi connectivity index (χ1v) is 4.24. The third kappa shape index (κ3) is 2.02. The van der Waals surface area contributed by atoms with Crippen LogP contribution in [0.15, 0.2) is 41.6 Å². The lowest BCUT2D eigenvalue weighted by atomic mass is 10.3. The summed E-state index contributed by atoms with van der Waals surface area (Å²) in [5, 5.41) is 0.737. The standard InChI is InChI=1S/C10H12ClN/c1-3-10(11)12(2)9-7-5-4-6-8-9/h3-8H,1-2H3/b10-3+. The molecule has 0 unspecified atom stereocenters. The number of hydrogen-bond donors (Lipinski definition) is 0. The highest BCUT2D eigenvalue weighted by atomic mass is 35.5. The Morgan fingerprint density at radius 3 is 2.42 bits per heavy atom. The highest BCUT2D eigenvalue weighted by Crippen LogP contribution is 2.18. The van der Waals surface area contributed by atoms with Gasteiger partial charge in [0, 0.05) is 12.7 Å². The molecule has 0 atom stereocenters. The van der Waals surface area contributed by atoms with Gasteiger partial charge >= 0.3 is 0 Å². The zero-order valence-corrected chi connectivity index (χ0v) is 8.05. The van der Waals surface area contributed by atoms with Crippen LogP contribution in [0, 0.1) is 0 Å². The van der Waals surface area contributed by atoms with Crippen LogP contribution < -0.4 is 4.90 Å². The summed E-state index contributed by atoms with van der Waals surface area (Å²) in [7, 11) is 1.94. The van der Waals surface area contributed by atoms with Gasteiger partial charge in [0.25, 0.3) is 0 Å². The third-order valence-electron chi connectivity index (χ3n) is 1.70. The Morgan fingerprint density at radius 1 is 1.33 bits per heavy atom. The van der Waals surface area contributed by atoms with E-state index in [0.717, 1.165) is 10.8 Å². The second kappa shape index (κ2) is 4.17. The predicted molar refractivity (Wildman–Crippen MR) is 54.5 cm³/mol. The molecule has 0 N–H and O–H groups in total. The van der Waals surface area contributed by atoms with Crippen LogP contribution in [-0.4, -0.2) is 7.05 Å². The van der Waals surface area contributed by atoms with Gasteiger partial charge in [-0.05, 0) is 19.1 Å². The maximum atomic E-state index is 5.94. The number of benzene rings is 1. The number of hydrogen-bond acceptors (Lipinski definition) is 1. The molecule has 2 heteroatoms. The second-order valence-corrected chi connectivity index (χ2v) is 2.89. The average molecular weight is 182 g/mol. The van der Waals surface area contributed by atoms with Gasteiger partial charge < -0.3 is 4.90 Å². The van der Waals surface area contributed by atoms with Crippen molar-refractivity contribution in [2.45, 2.75) is 6.92 Å². The average Bonchev–Trinajstić information content (AvgIpc) is 2.17. The minimum atomic E-state index is 0.737. The van der Waals surface area contributed by atoms with E-state index in [9.17, 15) is 0 Å². The first-order valence-electron chi connectivity index (χ1n) is 3.86. The summed E-state index contributed by atoms with van der Waals surface area (Å²) < 4.78 is 0. The van der Waals surface area contributed by atoms with E-state index in [4.69, 9.17) is 11.6 Å². The fourth-order valence-corrected chi connectivity index (χ4v) is 1.07. The van der Waals surface area contributed by atoms with Crippen molar-refractivity contribution in [1.29, 1.82) is 0 Å². The molecule has 64 valence electrons. The molecule has 0 aliphatic rings. The SMILES string of the molecule is C/C=C(\Cl)N(C)c1ccccc1. The van der Waals surface area contributed by atoms with Crippen molar-refractivity contribution in [2.75, 3.05) is 11.9 Å². The van der Waals surface area contributed by atoms with Gasteiger partial charge in [-0.1, -0.05) is 35.9 Å². The van der Waals surface area contributed by atoms with Crippen LogP contribution in [0.4, 0.5) is 5.69 Å². The van der Waals surface area contributed by atoms with Gasteiger partial charge in [-0.3, -0.25) is 0 Å². The minimum absolute atomic E-state index is 0.737. The van der Waals surface area contributed by atoms with Gasteiger partial charge in [-0.25, -0.2) is 0 Å². The second-order valence-electron chi connectivity index (χ2n) is 2.51. The van der Waals surface area contributed by atoms with Crippen molar-refractivity contribution in [3.05, 3.63) is 41.6 Å². The van der Waals surface area contributed by atoms with E-state index in [1.807, 2.05) is 55.3 Å². The Kier molecular flexibility index (Phi) is 3.18. The molecule has 0 radical (unpaired) electrons. The maximum Gasteiger partial charge on any atom is 0.104 e. The maximum absolute atomic E-state index is 5.94. The van der Waals surface area contributed by atoms with E-state index in [0.29, 0.717) is 0 Å². The molecule has 0 amide bonds. The Labute approximate surface area is 78.3 Å². The summed E-state index contributed by atoms with van der Waals surface area (Å²) in [6.07, 6.45) is 1.87. The van der Waals surface area contributed by atoms with Crippen LogP contribution in [-0.2, 0) is 0 Å². The predicted octanol–water partition coefficient (Wildman–Crippen LogP) is 3.22. The topological polar surface area (TPSA) is 3.24 Å². The lowest BCUT2D eigenvalue weighted by Gasteiger charge is -2.17. The lowest BCUT2D eigenvalue weighted by molar-refractivity contribution is 1.17. The molecule has 0 aliphatic heterocycles. The van der Waals surface area contributed by atoms with Gasteiger partial charge in [0.1, 0.15) is 5.16 Å². The zero-order valence-electron chi connectivity index (χ0n) is 7.29. The van der Waals surface area contributed by atoms with E-state index in [2.05, 4.69) is 0 Å². The van der Waals surface area contributed by atoms with Gasteiger partial charge in [-0.15, -0.1) is 0 Å². The summed E-state index contributed by atoms with van der Waals surface area (Å²) in [4.78, 5) is 1.93. The Bertz CT molecular complexity index is 266. The minimum Gasteiger partial charge on any atom is -0.336 e. The Morgan fingerprint density at radius 2 is 1.92 bits per heavy atom. The summed E-state index contributed by atoms with van der Waals surface area (Å²) in [5.41, 5.74) is 1.10. The number of allylic oxidation sites excluding steroid dienone is 1. The molecule has 0 aromatic heterocycles. The van der Waals surface area contributed by atoms with E-state index >= 15 is 0 Å². The van der Waals surface area contributed by atoms with Crippen molar-refractivity contribution < 1.29 is 0 Å². The smallest absolute Gasteiger partial charge is 0.104 e. The monoisotopic (exact) mass is 181 g/mol. The molecule has 0 saturated carbocycles. The van der Waals surface area contributed by atoms with Crippen LogP contribution in [0.1, 0.15) is 6.92 Å². The fraction of sp³-hybridized carbons (Fsp3) is 0.200. The summed E-state index contributed by atoms with van der Waals surface area (Å²) >= 11 is 5.94. The van der Waals surface area contributed by atoms with Crippen LogP contribution in [0.5, 0.6) is 0 Å². The number of nitrogens with zero attached hydrogens (tertiary/aromatic N) is 1. The van der Waals surface area contributed by atoms with Crippen LogP contribution in [0.2, 0.25) is 0 Å². The van der Waals surface area contributed by atoms with Crippen molar-refractivity contribution >= 4 is 17.3 Å². The van der Waals surface area contributed by atoms with Gasteiger partial charge in [0.2, 0.25) is 0 Å². The molecule has 12 heavy (non-hydrogen) atoms.